The summed E-state index contributed by atoms with van der Waals surface area (Å²) in [6, 6.07) is 20.3. The van der Waals surface area contributed by atoms with Gasteiger partial charge < -0.3 is 14.6 Å². The first-order valence-corrected chi connectivity index (χ1v) is 11.2. The molecular formula is C24H20Cl3N3O2. The van der Waals surface area contributed by atoms with E-state index in [0.29, 0.717) is 40.3 Å². The molecular weight excluding hydrogens is 469 g/mol. The van der Waals surface area contributed by atoms with Crippen LogP contribution >= 0.6 is 34.8 Å². The second-order valence-electron chi connectivity index (χ2n) is 7.18. The lowest BCUT2D eigenvalue weighted by Crippen LogP contribution is -2.31. The topological polar surface area (TPSA) is 56.1 Å². The van der Waals surface area contributed by atoms with Crippen LogP contribution in [0.25, 0.3) is 11.0 Å². The van der Waals surface area contributed by atoms with Crippen molar-refractivity contribution < 1.29 is 9.53 Å². The molecule has 5 nitrogen and oxygen atoms in total. The Hall–Kier alpha value is -2.73. The molecule has 0 saturated heterocycles. The van der Waals surface area contributed by atoms with E-state index in [1.165, 1.54) is 0 Å². The van der Waals surface area contributed by atoms with Gasteiger partial charge in [-0.05, 0) is 54.1 Å². The third-order valence-electron chi connectivity index (χ3n) is 4.93. The van der Waals surface area contributed by atoms with E-state index in [0.717, 1.165) is 22.4 Å². The molecule has 0 aliphatic heterocycles. The van der Waals surface area contributed by atoms with Crippen LogP contribution in [0.3, 0.4) is 0 Å². The Balaban J connectivity index is 1.41. The summed E-state index contributed by atoms with van der Waals surface area (Å²) >= 11 is 18.3. The summed E-state index contributed by atoms with van der Waals surface area (Å²) in [6.45, 7) is 0.915. The number of rotatable bonds is 8. The molecule has 0 saturated carbocycles. The molecule has 164 valence electrons. The number of aromatic nitrogens is 2. The fourth-order valence-corrected chi connectivity index (χ4v) is 3.95. The maximum atomic E-state index is 12.2. The highest BCUT2D eigenvalue weighted by Gasteiger charge is 2.13. The number of amides is 1. The second kappa shape index (κ2) is 10.3. The maximum Gasteiger partial charge on any atom is 0.257 e. The molecule has 0 aliphatic carbocycles. The van der Waals surface area contributed by atoms with E-state index in [1.54, 1.807) is 30.3 Å². The van der Waals surface area contributed by atoms with Crippen LogP contribution in [-0.2, 0) is 17.8 Å². The predicted molar refractivity (Wildman–Crippen MR) is 129 cm³/mol. The fourth-order valence-electron chi connectivity index (χ4n) is 3.36. The zero-order valence-corrected chi connectivity index (χ0v) is 19.3. The van der Waals surface area contributed by atoms with Gasteiger partial charge in [-0.1, -0.05) is 53.0 Å². The Morgan fingerprint density at radius 1 is 0.969 bits per heavy atom. The lowest BCUT2D eigenvalue weighted by Gasteiger charge is -2.12. The van der Waals surface area contributed by atoms with E-state index in [1.807, 2.05) is 36.4 Å². The van der Waals surface area contributed by atoms with Gasteiger partial charge in [0.1, 0.15) is 11.6 Å². The number of nitrogens with one attached hydrogen (secondary N) is 1. The summed E-state index contributed by atoms with van der Waals surface area (Å²) in [7, 11) is 0. The van der Waals surface area contributed by atoms with Crippen LogP contribution in [0.5, 0.6) is 5.75 Å². The van der Waals surface area contributed by atoms with Gasteiger partial charge in [-0.15, -0.1) is 0 Å². The molecule has 0 bridgehead atoms. The Bertz CT molecular complexity index is 1240. The standard InChI is InChI=1S/C24H20Cl3N3O2/c25-17-7-9-19(10-8-17)32-15-24(31)28-12-11-23-29-21-3-1-2-4-22(21)30(23)14-16-5-6-18(26)13-20(16)27/h1-10,13H,11-12,14-15H2,(H,28,31). The zero-order chi connectivity index (χ0) is 22.5. The van der Waals surface area contributed by atoms with E-state index in [2.05, 4.69) is 9.88 Å². The Labute approximate surface area is 200 Å². The summed E-state index contributed by atoms with van der Waals surface area (Å²) < 4.78 is 7.59. The monoisotopic (exact) mass is 487 g/mol. The van der Waals surface area contributed by atoms with Crippen LogP contribution in [0.1, 0.15) is 11.4 Å². The molecule has 32 heavy (non-hydrogen) atoms. The van der Waals surface area contributed by atoms with Crippen molar-refractivity contribution in [3.05, 3.63) is 93.2 Å². The molecule has 0 fully saturated rings. The number of benzene rings is 3. The molecule has 4 rings (SSSR count). The third kappa shape index (κ3) is 5.54. The van der Waals surface area contributed by atoms with Gasteiger partial charge >= 0.3 is 0 Å². The molecule has 0 aliphatic rings. The molecule has 0 radical (unpaired) electrons. The zero-order valence-electron chi connectivity index (χ0n) is 17.0. The Morgan fingerprint density at radius 2 is 1.72 bits per heavy atom. The first-order valence-electron chi connectivity index (χ1n) is 10.0. The van der Waals surface area contributed by atoms with Crippen LogP contribution in [0.15, 0.2) is 66.7 Å². The Morgan fingerprint density at radius 3 is 2.50 bits per heavy atom. The van der Waals surface area contributed by atoms with E-state index >= 15 is 0 Å². The molecule has 3 aromatic carbocycles. The lowest BCUT2D eigenvalue weighted by molar-refractivity contribution is -0.123. The largest absolute Gasteiger partial charge is 0.484 e. The number of para-hydroxylation sites is 2. The molecule has 1 N–H and O–H groups in total. The molecule has 8 heteroatoms. The number of hydrogen-bond acceptors (Lipinski definition) is 3. The minimum atomic E-state index is -0.205. The van der Waals surface area contributed by atoms with Gasteiger partial charge in [-0.2, -0.15) is 0 Å². The minimum absolute atomic E-state index is 0.0710. The number of ether oxygens (including phenoxy) is 1. The normalized spacial score (nSPS) is 11.0. The van der Waals surface area contributed by atoms with Crippen molar-refractivity contribution in [1.29, 1.82) is 0 Å². The highest BCUT2D eigenvalue weighted by molar-refractivity contribution is 6.35. The predicted octanol–water partition coefficient (Wildman–Crippen LogP) is 5.78. The smallest absolute Gasteiger partial charge is 0.257 e. The number of hydrogen-bond donors (Lipinski definition) is 1. The molecule has 1 aromatic heterocycles. The number of imidazole rings is 1. The number of halogens is 3. The summed E-state index contributed by atoms with van der Waals surface area (Å²) in [4.78, 5) is 16.9. The second-order valence-corrected chi connectivity index (χ2v) is 8.46. The third-order valence-corrected chi connectivity index (χ3v) is 5.77. The molecule has 1 heterocycles. The summed E-state index contributed by atoms with van der Waals surface area (Å²) in [5.74, 6) is 1.24. The quantitative estimate of drug-likeness (QED) is 0.342. The van der Waals surface area contributed by atoms with Gasteiger partial charge in [0.2, 0.25) is 0 Å². The first-order chi connectivity index (χ1) is 15.5. The van der Waals surface area contributed by atoms with Crippen LogP contribution < -0.4 is 10.1 Å². The van der Waals surface area contributed by atoms with Crippen LogP contribution in [0.2, 0.25) is 15.1 Å². The number of nitrogens with zero attached hydrogens (tertiary/aromatic N) is 2. The van der Waals surface area contributed by atoms with Crippen LogP contribution in [0.4, 0.5) is 0 Å². The molecule has 0 atom stereocenters. The molecule has 4 aromatic rings. The highest BCUT2D eigenvalue weighted by atomic mass is 35.5. The average Bonchev–Trinajstić information content (AvgIpc) is 3.12. The first kappa shape index (κ1) is 22.5. The van der Waals surface area contributed by atoms with Gasteiger partial charge in [0.15, 0.2) is 6.61 Å². The summed E-state index contributed by atoms with van der Waals surface area (Å²) in [5, 5.41) is 4.70. The van der Waals surface area contributed by atoms with Crippen LogP contribution in [0, 0.1) is 0 Å². The average molecular weight is 489 g/mol. The van der Waals surface area contributed by atoms with Crippen molar-refractivity contribution in [2.24, 2.45) is 0 Å². The minimum Gasteiger partial charge on any atom is -0.484 e. The van der Waals surface area contributed by atoms with Crippen molar-refractivity contribution in [3.8, 4) is 5.75 Å². The van der Waals surface area contributed by atoms with E-state index in [9.17, 15) is 4.79 Å². The van der Waals surface area contributed by atoms with Gasteiger partial charge in [-0.25, -0.2) is 4.98 Å². The number of fused-ring (bicyclic) bond motifs is 1. The van der Waals surface area contributed by atoms with Crippen LogP contribution in [-0.4, -0.2) is 28.6 Å². The maximum absolute atomic E-state index is 12.2. The molecule has 0 spiro atoms. The number of carbonyl (C=O) groups is 1. The molecule has 1 amide bonds. The molecule has 0 unspecified atom stereocenters. The highest BCUT2D eigenvalue weighted by Crippen LogP contribution is 2.25. The van der Waals surface area contributed by atoms with Crippen molar-refractivity contribution in [2.75, 3.05) is 13.2 Å². The number of carbonyl (C=O) groups excluding carboxylic acids is 1. The summed E-state index contributed by atoms with van der Waals surface area (Å²) in [6.07, 6.45) is 0.562. The fraction of sp³-hybridized carbons (Fsp3) is 0.167. The van der Waals surface area contributed by atoms with E-state index in [4.69, 9.17) is 44.5 Å². The lowest BCUT2D eigenvalue weighted by atomic mass is 10.2. The van der Waals surface area contributed by atoms with Crippen molar-refractivity contribution in [2.45, 2.75) is 13.0 Å². The van der Waals surface area contributed by atoms with E-state index in [-0.39, 0.29) is 12.5 Å². The SMILES string of the molecule is O=C(COc1ccc(Cl)cc1)NCCc1nc2ccccc2n1Cc1ccc(Cl)cc1Cl. The van der Waals surface area contributed by atoms with Gasteiger partial charge in [0, 0.05) is 28.0 Å². The van der Waals surface area contributed by atoms with Gasteiger partial charge in [0.05, 0.1) is 17.6 Å². The summed E-state index contributed by atoms with van der Waals surface area (Å²) in [5.41, 5.74) is 2.84. The Kier molecular flexibility index (Phi) is 7.20. The van der Waals surface area contributed by atoms with Crippen molar-refractivity contribution in [3.63, 3.8) is 0 Å². The van der Waals surface area contributed by atoms with E-state index < -0.39 is 0 Å². The van der Waals surface area contributed by atoms with Gasteiger partial charge in [0.25, 0.3) is 5.91 Å². The van der Waals surface area contributed by atoms with Crippen molar-refractivity contribution >= 4 is 51.7 Å². The van der Waals surface area contributed by atoms with Gasteiger partial charge in [-0.3, -0.25) is 4.79 Å². The van der Waals surface area contributed by atoms with Crippen molar-refractivity contribution in [1.82, 2.24) is 14.9 Å².